The molecule has 3 atom stereocenters. The van der Waals surface area contributed by atoms with Crippen molar-refractivity contribution in [1.29, 1.82) is 0 Å². The molecule has 0 amide bonds. The summed E-state index contributed by atoms with van der Waals surface area (Å²) in [7, 11) is 5.82. The predicted molar refractivity (Wildman–Crippen MR) is 53.9 cm³/mol. The minimum absolute atomic E-state index is 0.0448. The zero-order chi connectivity index (χ0) is 9.68. The van der Waals surface area contributed by atoms with Gasteiger partial charge in [-0.3, -0.25) is 0 Å². The molecule has 2 radical (unpaired) electrons. The average Bonchev–Trinajstić information content (AvgIpc) is 2.39. The van der Waals surface area contributed by atoms with Crippen molar-refractivity contribution in [3.05, 3.63) is 0 Å². The van der Waals surface area contributed by atoms with Crippen LogP contribution >= 0.6 is 0 Å². The highest BCUT2D eigenvalue weighted by Gasteiger charge is 2.28. The Hall–Kier alpha value is -0.0151. The molecule has 0 N–H and O–H groups in total. The van der Waals surface area contributed by atoms with E-state index in [9.17, 15) is 0 Å². The van der Waals surface area contributed by atoms with Crippen LogP contribution in [0, 0.1) is 5.92 Å². The first-order valence-corrected chi connectivity index (χ1v) is 5.22. The van der Waals surface area contributed by atoms with Gasteiger partial charge < -0.3 is 9.47 Å². The van der Waals surface area contributed by atoms with E-state index in [0.29, 0.717) is 12.0 Å². The standard InChI is InChI=1S/C10H19BO2/c1-3-12-6-4-5-9-7-8(2)13-10(9)11/h8-10H,3-7H2,1-2H3/t8-,9?,10-/m1/s1. The number of ether oxygens (including phenoxy) is 2. The molecule has 0 bridgehead atoms. The van der Waals surface area contributed by atoms with Crippen molar-refractivity contribution >= 4 is 7.85 Å². The Balaban J connectivity index is 2.07. The zero-order valence-corrected chi connectivity index (χ0v) is 8.66. The van der Waals surface area contributed by atoms with Gasteiger partial charge in [0, 0.05) is 19.2 Å². The fraction of sp³-hybridized carbons (Fsp3) is 1.00. The Morgan fingerprint density at radius 3 is 2.85 bits per heavy atom. The van der Waals surface area contributed by atoms with Crippen LogP contribution in [-0.4, -0.2) is 33.2 Å². The second-order valence-corrected chi connectivity index (χ2v) is 3.75. The molecule has 0 saturated carbocycles. The molecule has 1 rings (SSSR count). The highest BCUT2D eigenvalue weighted by Crippen LogP contribution is 2.27. The summed E-state index contributed by atoms with van der Waals surface area (Å²) in [5, 5.41) is 0. The highest BCUT2D eigenvalue weighted by atomic mass is 16.5. The van der Waals surface area contributed by atoms with Crippen molar-refractivity contribution in [3.63, 3.8) is 0 Å². The second-order valence-electron chi connectivity index (χ2n) is 3.75. The Kier molecular flexibility index (Phi) is 4.82. The van der Waals surface area contributed by atoms with Crippen molar-refractivity contribution in [1.82, 2.24) is 0 Å². The average molecular weight is 182 g/mol. The largest absolute Gasteiger partial charge is 0.385 e. The summed E-state index contributed by atoms with van der Waals surface area (Å²) in [6, 6.07) is -0.0448. The van der Waals surface area contributed by atoms with Crippen LogP contribution in [0.5, 0.6) is 0 Å². The molecule has 1 aliphatic rings. The van der Waals surface area contributed by atoms with Gasteiger partial charge in [-0.05, 0) is 39.0 Å². The Morgan fingerprint density at radius 2 is 2.31 bits per heavy atom. The van der Waals surface area contributed by atoms with Crippen LogP contribution in [0.4, 0.5) is 0 Å². The van der Waals surface area contributed by atoms with Crippen molar-refractivity contribution in [2.24, 2.45) is 5.92 Å². The summed E-state index contributed by atoms with van der Waals surface area (Å²) >= 11 is 0. The molecule has 74 valence electrons. The summed E-state index contributed by atoms with van der Waals surface area (Å²) in [6.45, 7) is 5.77. The monoisotopic (exact) mass is 182 g/mol. The fourth-order valence-corrected chi connectivity index (χ4v) is 1.87. The summed E-state index contributed by atoms with van der Waals surface area (Å²) in [4.78, 5) is 0. The van der Waals surface area contributed by atoms with Crippen molar-refractivity contribution < 1.29 is 9.47 Å². The van der Waals surface area contributed by atoms with E-state index >= 15 is 0 Å². The quantitative estimate of drug-likeness (QED) is 0.476. The van der Waals surface area contributed by atoms with Crippen LogP contribution in [0.25, 0.3) is 0 Å². The third-order valence-corrected chi connectivity index (χ3v) is 2.56. The first kappa shape index (κ1) is 11.1. The first-order chi connectivity index (χ1) is 6.24. The van der Waals surface area contributed by atoms with E-state index in [4.69, 9.17) is 17.3 Å². The number of rotatable bonds is 5. The van der Waals surface area contributed by atoms with Crippen molar-refractivity contribution in [3.8, 4) is 0 Å². The maximum Gasteiger partial charge on any atom is 0.109 e. The predicted octanol–water partition coefficient (Wildman–Crippen LogP) is 1.72. The molecule has 1 unspecified atom stereocenters. The highest BCUT2D eigenvalue weighted by molar-refractivity contribution is 6.11. The lowest BCUT2D eigenvalue weighted by molar-refractivity contribution is 0.0899. The minimum atomic E-state index is -0.0448. The molecule has 0 aromatic carbocycles. The van der Waals surface area contributed by atoms with Crippen LogP contribution in [0.3, 0.4) is 0 Å². The zero-order valence-electron chi connectivity index (χ0n) is 8.66. The van der Waals surface area contributed by atoms with Crippen LogP contribution in [0.15, 0.2) is 0 Å². The van der Waals surface area contributed by atoms with E-state index in [1.807, 2.05) is 6.92 Å². The normalized spacial score (nSPS) is 33.8. The molecule has 1 aliphatic heterocycles. The second kappa shape index (κ2) is 5.66. The van der Waals surface area contributed by atoms with Crippen LogP contribution in [-0.2, 0) is 9.47 Å². The number of hydrogen-bond acceptors (Lipinski definition) is 2. The lowest BCUT2D eigenvalue weighted by Crippen LogP contribution is -2.16. The van der Waals surface area contributed by atoms with Gasteiger partial charge in [-0.1, -0.05) is 0 Å². The van der Waals surface area contributed by atoms with Gasteiger partial charge in [0.1, 0.15) is 7.85 Å². The molecule has 1 saturated heterocycles. The van der Waals surface area contributed by atoms with Crippen molar-refractivity contribution in [2.75, 3.05) is 13.2 Å². The molecule has 0 spiro atoms. The summed E-state index contributed by atoms with van der Waals surface area (Å²) in [6.07, 6.45) is 3.67. The third kappa shape index (κ3) is 3.69. The summed E-state index contributed by atoms with van der Waals surface area (Å²) in [5.41, 5.74) is 0. The molecule has 1 fully saturated rings. The number of hydrogen-bond donors (Lipinski definition) is 0. The Labute approximate surface area is 82.4 Å². The van der Waals surface area contributed by atoms with Gasteiger partial charge in [-0.2, -0.15) is 0 Å². The van der Waals surface area contributed by atoms with Crippen LogP contribution in [0.2, 0.25) is 0 Å². The molecule has 1 heterocycles. The van der Waals surface area contributed by atoms with E-state index in [0.717, 1.165) is 32.5 Å². The molecule has 0 aromatic heterocycles. The van der Waals surface area contributed by atoms with E-state index in [2.05, 4.69) is 6.92 Å². The smallest absolute Gasteiger partial charge is 0.109 e. The first-order valence-electron chi connectivity index (χ1n) is 5.22. The van der Waals surface area contributed by atoms with Gasteiger partial charge >= 0.3 is 0 Å². The lowest BCUT2D eigenvalue weighted by atomic mass is 9.83. The molecule has 3 heteroatoms. The maximum atomic E-state index is 5.82. The third-order valence-electron chi connectivity index (χ3n) is 2.56. The Bertz CT molecular complexity index is 141. The van der Waals surface area contributed by atoms with Crippen LogP contribution in [0.1, 0.15) is 33.1 Å². The molecular weight excluding hydrogens is 163 g/mol. The van der Waals surface area contributed by atoms with Crippen LogP contribution < -0.4 is 0 Å². The van der Waals surface area contributed by atoms with Gasteiger partial charge in [0.15, 0.2) is 0 Å². The minimum Gasteiger partial charge on any atom is -0.385 e. The maximum absolute atomic E-state index is 5.82. The van der Waals surface area contributed by atoms with Gasteiger partial charge in [-0.15, -0.1) is 0 Å². The molecule has 2 nitrogen and oxygen atoms in total. The summed E-state index contributed by atoms with van der Waals surface area (Å²) < 4.78 is 10.7. The van der Waals surface area contributed by atoms with Gasteiger partial charge in [-0.25, -0.2) is 0 Å². The molecular formula is C10H19BO2. The van der Waals surface area contributed by atoms with Gasteiger partial charge in [0.05, 0.1) is 6.10 Å². The molecule has 13 heavy (non-hydrogen) atoms. The van der Waals surface area contributed by atoms with Crippen molar-refractivity contribution in [2.45, 2.75) is 45.2 Å². The van der Waals surface area contributed by atoms with E-state index in [1.165, 1.54) is 0 Å². The Morgan fingerprint density at radius 1 is 1.54 bits per heavy atom. The fourth-order valence-electron chi connectivity index (χ4n) is 1.87. The van der Waals surface area contributed by atoms with Gasteiger partial charge in [0.2, 0.25) is 0 Å². The molecule has 0 aromatic rings. The van der Waals surface area contributed by atoms with E-state index < -0.39 is 0 Å². The summed E-state index contributed by atoms with van der Waals surface area (Å²) in [5.74, 6) is 0.537. The lowest BCUT2D eigenvalue weighted by Gasteiger charge is -2.13. The van der Waals surface area contributed by atoms with E-state index in [1.54, 1.807) is 0 Å². The van der Waals surface area contributed by atoms with Gasteiger partial charge in [0.25, 0.3) is 0 Å². The van der Waals surface area contributed by atoms with E-state index in [-0.39, 0.29) is 6.00 Å². The molecule has 0 aliphatic carbocycles. The topological polar surface area (TPSA) is 18.5 Å². The SMILES string of the molecule is [B][C@@H]1O[C@H](C)CC1CCCOCC.